The number of aromatic nitrogens is 5. The molecule has 0 fully saturated rings. The standard InChI is InChI=1S/C20H20N6O/c1-13-14(2)23-18-12-15(8-9-16(18)22-13)20(27)21-10-5-11-26-19-7-4-3-6-17(19)24-25-26/h3-4,6-9,12H,5,10-11H2,1-2H3,(H,21,27). The molecular formula is C20H20N6O. The van der Waals surface area contributed by atoms with Crippen LogP contribution in [0.5, 0.6) is 0 Å². The Labute approximate surface area is 156 Å². The third-order valence-electron chi connectivity index (χ3n) is 4.59. The van der Waals surface area contributed by atoms with Crippen molar-refractivity contribution in [2.24, 2.45) is 0 Å². The molecule has 0 aliphatic carbocycles. The van der Waals surface area contributed by atoms with E-state index in [1.165, 1.54) is 0 Å². The molecule has 1 amide bonds. The summed E-state index contributed by atoms with van der Waals surface area (Å²) in [6.07, 6.45) is 0.769. The molecule has 0 spiro atoms. The van der Waals surface area contributed by atoms with Gasteiger partial charge in [0.2, 0.25) is 0 Å². The zero-order valence-corrected chi connectivity index (χ0v) is 15.3. The van der Waals surface area contributed by atoms with E-state index < -0.39 is 0 Å². The predicted octanol–water partition coefficient (Wildman–Crippen LogP) is 2.81. The zero-order valence-electron chi connectivity index (χ0n) is 15.3. The summed E-state index contributed by atoms with van der Waals surface area (Å²) < 4.78 is 1.86. The summed E-state index contributed by atoms with van der Waals surface area (Å²) in [5, 5.41) is 11.2. The molecule has 1 N–H and O–H groups in total. The van der Waals surface area contributed by atoms with E-state index in [4.69, 9.17) is 0 Å². The molecule has 4 aromatic rings. The molecule has 0 atom stereocenters. The van der Waals surface area contributed by atoms with Gasteiger partial charge in [0.25, 0.3) is 5.91 Å². The monoisotopic (exact) mass is 360 g/mol. The maximum atomic E-state index is 12.4. The summed E-state index contributed by atoms with van der Waals surface area (Å²) in [6.45, 7) is 5.11. The minimum absolute atomic E-state index is 0.111. The second kappa shape index (κ2) is 7.11. The molecule has 2 heterocycles. The summed E-state index contributed by atoms with van der Waals surface area (Å²) in [4.78, 5) is 21.4. The Morgan fingerprint density at radius 2 is 1.78 bits per heavy atom. The first-order valence-corrected chi connectivity index (χ1v) is 8.93. The molecule has 27 heavy (non-hydrogen) atoms. The average Bonchev–Trinajstić information content (AvgIpc) is 3.09. The largest absolute Gasteiger partial charge is 0.352 e. The lowest BCUT2D eigenvalue weighted by Crippen LogP contribution is -2.25. The highest BCUT2D eigenvalue weighted by Gasteiger charge is 2.09. The molecule has 7 nitrogen and oxygen atoms in total. The van der Waals surface area contributed by atoms with Crippen molar-refractivity contribution in [3.8, 4) is 0 Å². The zero-order chi connectivity index (χ0) is 18.8. The fraction of sp³-hybridized carbons (Fsp3) is 0.250. The van der Waals surface area contributed by atoms with E-state index in [-0.39, 0.29) is 5.91 Å². The van der Waals surface area contributed by atoms with Crippen molar-refractivity contribution in [1.29, 1.82) is 0 Å². The fourth-order valence-electron chi connectivity index (χ4n) is 2.99. The Balaban J connectivity index is 1.38. The number of amides is 1. The SMILES string of the molecule is Cc1nc2ccc(C(=O)NCCCn3nnc4ccccc43)cc2nc1C. The van der Waals surface area contributed by atoms with Crippen LogP contribution in [0.1, 0.15) is 28.2 Å². The molecule has 0 radical (unpaired) electrons. The summed E-state index contributed by atoms with van der Waals surface area (Å²) in [5.74, 6) is -0.111. The smallest absolute Gasteiger partial charge is 0.251 e. The molecule has 2 aromatic carbocycles. The van der Waals surface area contributed by atoms with Crippen molar-refractivity contribution in [2.75, 3.05) is 6.54 Å². The van der Waals surface area contributed by atoms with Gasteiger partial charge < -0.3 is 5.32 Å². The van der Waals surface area contributed by atoms with Crippen LogP contribution in [0, 0.1) is 13.8 Å². The van der Waals surface area contributed by atoms with Crippen molar-refractivity contribution in [3.63, 3.8) is 0 Å². The van der Waals surface area contributed by atoms with Crippen LogP contribution in [0.3, 0.4) is 0 Å². The average molecular weight is 360 g/mol. The first-order chi connectivity index (χ1) is 13.1. The minimum Gasteiger partial charge on any atom is -0.352 e. The molecule has 0 saturated heterocycles. The summed E-state index contributed by atoms with van der Waals surface area (Å²) in [5.41, 5.74) is 5.78. The van der Waals surface area contributed by atoms with Gasteiger partial charge in [-0.3, -0.25) is 4.79 Å². The van der Waals surface area contributed by atoms with E-state index in [0.29, 0.717) is 18.7 Å². The van der Waals surface area contributed by atoms with Gasteiger partial charge in [-0.05, 0) is 50.6 Å². The number of hydrogen-bond acceptors (Lipinski definition) is 5. The number of carbonyl (C=O) groups excluding carboxylic acids is 1. The van der Waals surface area contributed by atoms with Crippen LogP contribution in [-0.2, 0) is 6.54 Å². The van der Waals surface area contributed by atoms with E-state index in [1.54, 1.807) is 12.1 Å². The number of nitrogens with one attached hydrogen (secondary N) is 1. The van der Waals surface area contributed by atoms with Crippen molar-refractivity contribution in [1.82, 2.24) is 30.3 Å². The summed E-state index contributed by atoms with van der Waals surface area (Å²) in [7, 11) is 0. The topological polar surface area (TPSA) is 85.6 Å². The van der Waals surface area contributed by atoms with Gasteiger partial charge >= 0.3 is 0 Å². The van der Waals surface area contributed by atoms with Crippen LogP contribution in [0.15, 0.2) is 42.5 Å². The van der Waals surface area contributed by atoms with Crippen LogP contribution in [0.4, 0.5) is 0 Å². The van der Waals surface area contributed by atoms with E-state index in [0.717, 1.165) is 39.9 Å². The lowest BCUT2D eigenvalue weighted by atomic mass is 10.1. The molecular weight excluding hydrogens is 340 g/mol. The van der Waals surface area contributed by atoms with Crippen molar-refractivity contribution in [3.05, 3.63) is 59.4 Å². The maximum absolute atomic E-state index is 12.4. The van der Waals surface area contributed by atoms with Crippen LogP contribution in [0.2, 0.25) is 0 Å². The maximum Gasteiger partial charge on any atom is 0.251 e. The number of fused-ring (bicyclic) bond motifs is 2. The number of para-hydroxylation sites is 1. The Bertz CT molecular complexity index is 1130. The number of rotatable bonds is 5. The molecule has 0 aliphatic rings. The first kappa shape index (κ1) is 17.1. The second-order valence-electron chi connectivity index (χ2n) is 6.51. The Morgan fingerprint density at radius 1 is 1.00 bits per heavy atom. The molecule has 136 valence electrons. The summed E-state index contributed by atoms with van der Waals surface area (Å²) in [6, 6.07) is 13.3. The number of carbonyl (C=O) groups is 1. The van der Waals surface area contributed by atoms with Crippen LogP contribution in [-0.4, -0.2) is 37.4 Å². The number of hydrogen-bond donors (Lipinski definition) is 1. The Morgan fingerprint density at radius 3 is 2.63 bits per heavy atom. The molecule has 4 rings (SSSR count). The van der Waals surface area contributed by atoms with Gasteiger partial charge in [-0.15, -0.1) is 5.10 Å². The predicted molar refractivity (Wildman–Crippen MR) is 103 cm³/mol. The number of benzene rings is 2. The van der Waals surface area contributed by atoms with Gasteiger partial charge in [0.15, 0.2) is 0 Å². The van der Waals surface area contributed by atoms with Gasteiger partial charge in [0.1, 0.15) is 5.52 Å². The molecule has 7 heteroatoms. The molecule has 0 unspecified atom stereocenters. The van der Waals surface area contributed by atoms with Crippen LogP contribution < -0.4 is 5.32 Å². The van der Waals surface area contributed by atoms with Crippen molar-refractivity contribution >= 4 is 28.0 Å². The Hall–Kier alpha value is -3.35. The van der Waals surface area contributed by atoms with Gasteiger partial charge in [-0.1, -0.05) is 17.3 Å². The highest BCUT2D eigenvalue weighted by molar-refractivity contribution is 5.97. The Kier molecular flexibility index (Phi) is 4.50. The van der Waals surface area contributed by atoms with E-state index in [9.17, 15) is 4.79 Å². The van der Waals surface area contributed by atoms with Gasteiger partial charge in [0.05, 0.1) is 27.9 Å². The van der Waals surface area contributed by atoms with E-state index in [1.807, 2.05) is 48.9 Å². The third kappa shape index (κ3) is 3.48. The fourth-order valence-corrected chi connectivity index (χ4v) is 2.99. The van der Waals surface area contributed by atoms with E-state index >= 15 is 0 Å². The third-order valence-corrected chi connectivity index (χ3v) is 4.59. The molecule has 0 aliphatic heterocycles. The highest BCUT2D eigenvalue weighted by atomic mass is 16.1. The first-order valence-electron chi connectivity index (χ1n) is 8.93. The highest BCUT2D eigenvalue weighted by Crippen LogP contribution is 2.14. The van der Waals surface area contributed by atoms with Crippen LogP contribution in [0.25, 0.3) is 22.1 Å². The molecule has 2 aromatic heterocycles. The van der Waals surface area contributed by atoms with Crippen molar-refractivity contribution in [2.45, 2.75) is 26.8 Å². The van der Waals surface area contributed by atoms with E-state index in [2.05, 4.69) is 25.6 Å². The van der Waals surface area contributed by atoms with Crippen molar-refractivity contribution < 1.29 is 4.79 Å². The van der Waals surface area contributed by atoms with Gasteiger partial charge in [0, 0.05) is 18.7 Å². The lowest BCUT2D eigenvalue weighted by Gasteiger charge is -2.07. The quantitative estimate of drug-likeness (QED) is 0.553. The van der Waals surface area contributed by atoms with Crippen LogP contribution >= 0.6 is 0 Å². The van der Waals surface area contributed by atoms with Gasteiger partial charge in [-0.2, -0.15) is 0 Å². The molecule has 0 bridgehead atoms. The number of aryl methyl sites for hydroxylation is 3. The normalized spacial score (nSPS) is 11.2. The minimum atomic E-state index is -0.111. The molecule has 0 saturated carbocycles. The second-order valence-corrected chi connectivity index (χ2v) is 6.51. The lowest BCUT2D eigenvalue weighted by molar-refractivity contribution is 0.0952. The summed E-state index contributed by atoms with van der Waals surface area (Å²) >= 11 is 0. The van der Waals surface area contributed by atoms with Gasteiger partial charge in [-0.25, -0.2) is 14.6 Å². The number of nitrogens with zero attached hydrogens (tertiary/aromatic N) is 5.